The van der Waals surface area contributed by atoms with Crippen LogP contribution in [0.3, 0.4) is 0 Å². The van der Waals surface area contributed by atoms with Crippen LogP contribution in [-0.2, 0) is 5.41 Å². The first kappa shape index (κ1) is 29.5. The summed E-state index contributed by atoms with van der Waals surface area (Å²) in [7, 11) is 0. The zero-order chi connectivity index (χ0) is 34.1. The molecule has 0 saturated heterocycles. The lowest BCUT2D eigenvalue weighted by Gasteiger charge is -2.22. The average Bonchev–Trinajstić information content (AvgIpc) is 3.43. The van der Waals surface area contributed by atoms with Gasteiger partial charge in [0.15, 0.2) is 5.82 Å². The summed E-state index contributed by atoms with van der Waals surface area (Å²) in [5.74, 6) is 0.722. The highest BCUT2D eigenvalue weighted by Crippen LogP contribution is 2.53. The first-order chi connectivity index (χ1) is 25.1. The van der Waals surface area contributed by atoms with Crippen molar-refractivity contribution in [2.24, 2.45) is 0 Å². The third-order valence-electron chi connectivity index (χ3n) is 10.9. The number of nitrogens with zero attached hydrogens (tertiary/aromatic N) is 2. The summed E-state index contributed by atoms with van der Waals surface area (Å²) in [4.78, 5) is 10.7. The van der Waals surface area contributed by atoms with Crippen LogP contribution < -0.4 is 0 Å². The number of hydrogen-bond acceptors (Lipinski definition) is 2. The maximum absolute atomic E-state index is 5.38. The largest absolute Gasteiger partial charge is 0.228 e. The summed E-state index contributed by atoms with van der Waals surface area (Å²) in [6, 6.07) is 61.2. The molecular weight excluding hydrogens is 617 g/mol. The van der Waals surface area contributed by atoms with Gasteiger partial charge in [0.2, 0.25) is 0 Å². The first-order valence-electron chi connectivity index (χ1n) is 17.7. The van der Waals surface area contributed by atoms with E-state index in [2.05, 4.69) is 184 Å². The zero-order valence-electron chi connectivity index (χ0n) is 28.6. The number of benzene rings is 8. The van der Waals surface area contributed by atoms with Crippen molar-refractivity contribution >= 4 is 32.3 Å². The summed E-state index contributed by atoms with van der Waals surface area (Å²) in [5, 5.41) is 7.06. The maximum Gasteiger partial charge on any atom is 0.161 e. The molecule has 0 fully saturated rings. The normalized spacial score (nSPS) is 13.1. The minimum absolute atomic E-state index is 0.0609. The van der Waals surface area contributed by atoms with E-state index in [1.54, 1.807) is 0 Å². The van der Waals surface area contributed by atoms with Gasteiger partial charge >= 0.3 is 0 Å². The van der Waals surface area contributed by atoms with Gasteiger partial charge in [-0.1, -0.05) is 178 Å². The lowest BCUT2D eigenvalue weighted by Crippen LogP contribution is -2.14. The van der Waals surface area contributed by atoms with Gasteiger partial charge < -0.3 is 0 Å². The minimum Gasteiger partial charge on any atom is -0.228 e. The van der Waals surface area contributed by atoms with Gasteiger partial charge in [-0.15, -0.1) is 0 Å². The highest BCUT2D eigenvalue weighted by atomic mass is 14.9. The second-order valence-electron chi connectivity index (χ2n) is 14.1. The van der Waals surface area contributed by atoms with Gasteiger partial charge in [0.25, 0.3) is 0 Å². The van der Waals surface area contributed by atoms with Crippen LogP contribution in [0.25, 0.3) is 88.5 Å². The van der Waals surface area contributed by atoms with Gasteiger partial charge in [-0.05, 0) is 71.8 Å². The Morgan fingerprint density at radius 3 is 1.53 bits per heavy atom. The standard InChI is InChI=1S/C49H34N2/c1-49(2)43-26-10-9-22-42(43)47-40(24-13-27-44(47)49)37-28-29-39(36-21-8-7-20-35(36)37)46-30-45(38-23-11-16-31-14-3-5-18-33(31)38)50-48(51-46)41-25-12-17-32-15-4-6-19-34(32)41/h3-30H,1-2H3. The van der Waals surface area contributed by atoms with E-state index in [4.69, 9.17) is 9.97 Å². The number of aromatic nitrogens is 2. The Morgan fingerprint density at radius 1 is 0.353 bits per heavy atom. The van der Waals surface area contributed by atoms with Gasteiger partial charge in [-0.25, -0.2) is 9.97 Å². The fourth-order valence-electron chi connectivity index (χ4n) is 8.45. The fraction of sp³-hybridized carbons (Fsp3) is 0.0612. The molecule has 0 saturated carbocycles. The molecule has 1 aliphatic rings. The van der Waals surface area contributed by atoms with E-state index in [-0.39, 0.29) is 5.41 Å². The van der Waals surface area contributed by atoms with Crippen molar-refractivity contribution in [3.05, 3.63) is 181 Å². The van der Waals surface area contributed by atoms with Crippen LogP contribution in [-0.4, -0.2) is 9.97 Å². The maximum atomic E-state index is 5.38. The molecule has 0 bridgehead atoms. The second-order valence-corrected chi connectivity index (χ2v) is 14.1. The molecule has 8 aromatic carbocycles. The third kappa shape index (κ3) is 4.57. The SMILES string of the molecule is CC1(C)c2ccccc2-c2c(-c3ccc(-c4cc(-c5cccc6ccccc56)nc(-c5cccc6ccccc56)n4)c4ccccc34)cccc21. The monoisotopic (exact) mass is 650 g/mol. The molecule has 1 heterocycles. The molecule has 1 aliphatic carbocycles. The van der Waals surface area contributed by atoms with Crippen LogP contribution in [0.1, 0.15) is 25.0 Å². The van der Waals surface area contributed by atoms with Crippen LogP contribution in [0.4, 0.5) is 0 Å². The molecule has 240 valence electrons. The Kier molecular flexibility index (Phi) is 6.56. The summed E-state index contributed by atoms with van der Waals surface area (Å²) in [5.41, 5.74) is 12.9. The smallest absolute Gasteiger partial charge is 0.161 e. The zero-order valence-corrected chi connectivity index (χ0v) is 28.6. The third-order valence-corrected chi connectivity index (χ3v) is 10.9. The van der Waals surface area contributed by atoms with Gasteiger partial charge in [0.1, 0.15) is 0 Å². The van der Waals surface area contributed by atoms with Crippen molar-refractivity contribution in [1.29, 1.82) is 0 Å². The number of fused-ring (bicyclic) bond motifs is 6. The summed E-state index contributed by atoms with van der Waals surface area (Å²) < 4.78 is 0. The second kappa shape index (κ2) is 11.3. The van der Waals surface area contributed by atoms with E-state index in [1.807, 2.05) is 0 Å². The molecule has 9 aromatic rings. The van der Waals surface area contributed by atoms with Crippen molar-refractivity contribution in [3.63, 3.8) is 0 Å². The predicted octanol–water partition coefficient (Wildman–Crippen LogP) is 12.9. The van der Waals surface area contributed by atoms with E-state index in [0.29, 0.717) is 0 Å². The van der Waals surface area contributed by atoms with Crippen molar-refractivity contribution in [2.45, 2.75) is 19.3 Å². The van der Waals surface area contributed by atoms with Gasteiger partial charge in [-0.3, -0.25) is 0 Å². The van der Waals surface area contributed by atoms with Crippen molar-refractivity contribution in [2.75, 3.05) is 0 Å². The lowest BCUT2D eigenvalue weighted by molar-refractivity contribution is 0.660. The summed E-state index contributed by atoms with van der Waals surface area (Å²) in [6.07, 6.45) is 0. The highest BCUT2D eigenvalue weighted by molar-refractivity contribution is 6.08. The lowest BCUT2D eigenvalue weighted by atomic mass is 9.81. The van der Waals surface area contributed by atoms with Crippen molar-refractivity contribution in [1.82, 2.24) is 9.97 Å². The quantitative estimate of drug-likeness (QED) is 0.189. The van der Waals surface area contributed by atoms with E-state index < -0.39 is 0 Å². The fourth-order valence-corrected chi connectivity index (χ4v) is 8.45. The topological polar surface area (TPSA) is 25.8 Å². The summed E-state index contributed by atoms with van der Waals surface area (Å²) in [6.45, 7) is 4.69. The Balaban J connectivity index is 1.23. The Morgan fingerprint density at radius 2 is 0.804 bits per heavy atom. The first-order valence-corrected chi connectivity index (χ1v) is 17.7. The molecule has 0 unspecified atom stereocenters. The molecule has 2 heteroatoms. The van der Waals surface area contributed by atoms with Crippen LogP contribution in [0.5, 0.6) is 0 Å². The van der Waals surface area contributed by atoms with Gasteiger partial charge in [0, 0.05) is 22.1 Å². The van der Waals surface area contributed by atoms with E-state index >= 15 is 0 Å². The average molecular weight is 651 g/mol. The molecule has 0 spiro atoms. The minimum atomic E-state index is -0.0609. The molecule has 1 aromatic heterocycles. The molecule has 0 N–H and O–H groups in total. The predicted molar refractivity (Wildman–Crippen MR) is 214 cm³/mol. The highest BCUT2D eigenvalue weighted by Gasteiger charge is 2.36. The Hall–Kier alpha value is -6.38. The number of hydrogen-bond donors (Lipinski definition) is 0. The Bertz CT molecular complexity index is 2740. The molecule has 2 nitrogen and oxygen atoms in total. The molecule has 0 radical (unpaired) electrons. The van der Waals surface area contributed by atoms with Gasteiger partial charge in [0.05, 0.1) is 11.4 Å². The molecule has 0 amide bonds. The van der Waals surface area contributed by atoms with Gasteiger partial charge in [-0.2, -0.15) is 0 Å². The van der Waals surface area contributed by atoms with Crippen molar-refractivity contribution in [3.8, 4) is 56.2 Å². The van der Waals surface area contributed by atoms with Crippen LogP contribution >= 0.6 is 0 Å². The summed E-state index contributed by atoms with van der Waals surface area (Å²) >= 11 is 0. The van der Waals surface area contributed by atoms with Crippen LogP contribution in [0.15, 0.2) is 170 Å². The van der Waals surface area contributed by atoms with Crippen molar-refractivity contribution < 1.29 is 0 Å². The van der Waals surface area contributed by atoms with Crippen LogP contribution in [0.2, 0.25) is 0 Å². The van der Waals surface area contributed by atoms with Crippen LogP contribution in [0, 0.1) is 0 Å². The van der Waals surface area contributed by atoms with E-state index in [1.165, 1.54) is 60.3 Å². The molecule has 10 rings (SSSR count). The molecule has 0 aliphatic heterocycles. The van der Waals surface area contributed by atoms with E-state index in [9.17, 15) is 0 Å². The number of rotatable bonds is 4. The molecule has 0 atom stereocenters. The molecule has 51 heavy (non-hydrogen) atoms. The molecular formula is C49H34N2. The van der Waals surface area contributed by atoms with E-state index in [0.717, 1.165) is 39.3 Å². The Labute approximate surface area is 297 Å².